The molecule has 0 amide bonds. The molecule has 1 aliphatic heterocycles. The highest BCUT2D eigenvalue weighted by atomic mass is 35.5. The Kier molecular flexibility index (Phi) is 4.71. The van der Waals surface area contributed by atoms with Crippen LogP contribution in [0.1, 0.15) is 5.56 Å². The molecule has 2 aromatic rings. The molecular weight excluding hydrogens is 317 g/mol. The fraction of sp³-hybridized carbons (Fsp3) is 0.294. The van der Waals surface area contributed by atoms with Crippen LogP contribution in [0.5, 0.6) is 5.75 Å². The zero-order chi connectivity index (χ0) is 16.4. The summed E-state index contributed by atoms with van der Waals surface area (Å²) in [4.78, 5) is 0. The fourth-order valence-corrected chi connectivity index (χ4v) is 3.17. The molecule has 5 N–H and O–H groups in total. The average molecular weight is 336 g/mol. The lowest BCUT2D eigenvalue weighted by molar-refractivity contribution is 0.241. The van der Waals surface area contributed by atoms with Crippen LogP contribution < -0.4 is 21.5 Å². The Morgan fingerprint density at radius 2 is 2.04 bits per heavy atom. The summed E-state index contributed by atoms with van der Waals surface area (Å²) in [6, 6.07) is 8.45. The van der Waals surface area contributed by atoms with Gasteiger partial charge in [0.25, 0.3) is 0 Å². The van der Waals surface area contributed by atoms with Crippen molar-refractivity contribution in [1.29, 1.82) is 0 Å². The van der Waals surface area contributed by atoms with E-state index in [1.807, 2.05) is 12.1 Å². The summed E-state index contributed by atoms with van der Waals surface area (Å²) in [6.07, 6.45) is 0.515. The van der Waals surface area contributed by atoms with Gasteiger partial charge >= 0.3 is 0 Å². The van der Waals surface area contributed by atoms with Crippen LogP contribution >= 0.6 is 11.6 Å². The molecule has 0 aliphatic carbocycles. The third-order valence-corrected chi connectivity index (χ3v) is 4.25. The molecule has 0 spiro atoms. The second-order valence-corrected chi connectivity index (χ2v) is 5.86. The molecule has 0 radical (unpaired) electrons. The lowest BCUT2D eigenvalue weighted by atomic mass is 9.94. The number of hydrogen-bond donors (Lipinski definition) is 3. The molecule has 4 nitrogen and oxygen atoms in total. The molecule has 23 heavy (non-hydrogen) atoms. The molecule has 1 atom stereocenters. The number of nitrogens with one attached hydrogen (secondary N) is 1. The molecule has 1 aliphatic rings. The quantitative estimate of drug-likeness (QED) is 0.785. The fourth-order valence-electron chi connectivity index (χ4n) is 2.90. The van der Waals surface area contributed by atoms with Gasteiger partial charge in [-0.15, -0.1) is 0 Å². The maximum absolute atomic E-state index is 14.6. The summed E-state index contributed by atoms with van der Waals surface area (Å²) in [7, 11) is 0. The van der Waals surface area contributed by atoms with E-state index in [0.717, 1.165) is 5.56 Å². The van der Waals surface area contributed by atoms with E-state index in [9.17, 15) is 4.39 Å². The molecule has 0 saturated heterocycles. The van der Waals surface area contributed by atoms with Crippen LogP contribution in [0.3, 0.4) is 0 Å². The Hall–Kier alpha value is -1.82. The number of rotatable bonds is 5. The first kappa shape index (κ1) is 16.1. The Bertz CT molecular complexity index is 723. The van der Waals surface area contributed by atoms with Gasteiger partial charge in [0.15, 0.2) is 0 Å². The summed E-state index contributed by atoms with van der Waals surface area (Å²) in [5.74, 6) is 0.381. The van der Waals surface area contributed by atoms with Gasteiger partial charge in [0.1, 0.15) is 17.7 Å². The molecular formula is C17H19ClFN3O. The molecule has 0 fully saturated rings. The lowest BCUT2D eigenvalue weighted by Crippen LogP contribution is -2.24. The minimum Gasteiger partial charge on any atom is -0.488 e. The van der Waals surface area contributed by atoms with E-state index in [0.29, 0.717) is 53.6 Å². The minimum absolute atomic E-state index is 0.102. The summed E-state index contributed by atoms with van der Waals surface area (Å²) >= 11 is 6.41. The summed E-state index contributed by atoms with van der Waals surface area (Å²) in [5.41, 5.74) is 13.9. The van der Waals surface area contributed by atoms with Crippen molar-refractivity contribution in [2.75, 3.05) is 25.0 Å². The maximum Gasteiger partial charge on any atom is 0.133 e. The normalized spacial score (nSPS) is 16.1. The third kappa shape index (κ3) is 3.00. The van der Waals surface area contributed by atoms with Crippen LogP contribution in [-0.4, -0.2) is 25.7 Å². The predicted molar refractivity (Wildman–Crippen MR) is 91.6 cm³/mol. The van der Waals surface area contributed by atoms with Gasteiger partial charge in [0.2, 0.25) is 0 Å². The Balaban J connectivity index is 2.15. The summed E-state index contributed by atoms with van der Waals surface area (Å²) < 4.78 is 20.4. The van der Waals surface area contributed by atoms with E-state index in [4.69, 9.17) is 27.8 Å². The largest absolute Gasteiger partial charge is 0.488 e. The molecule has 122 valence electrons. The zero-order valence-corrected chi connectivity index (χ0v) is 13.4. The van der Waals surface area contributed by atoms with Gasteiger partial charge in [-0.1, -0.05) is 17.7 Å². The van der Waals surface area contributed by atoms with E-state index >= 15 is 0 Å². The van der Waals surface area contributed by atoms with Crippen molar-refractivity contribution in [3.8, 4) is 16.9 Å². The minimum atomic E-state index is -0.335. The summed E-state index contributed by atoms with van der Waals surface area (Å²) in [5, 5.41) is 3.65. The van der Waals surface area contributed by atoms with Gasteiger partial charge in [-0.2, -0.15) is 0 Å². The van der Waals surface area contributed by atoms with Crippen molar-refractivity contribution in [3.05, 3.63) is 46.7 Å². The molecule has 2 aromatic carbocycles. The van der Waals surface area contributed by atoms with Crippen molar-refractivity contribution in [1.82, 2.24) is 0 Å². The van der Waals surface area contributed by atoms with Crippen molar-refractivity contribution >= 4 is 17.3 Å². The van der Waals surface area contributed by atoms with Crippen LogP contribution in [-0.2, 0) is 6.42 Å². The van der Waals surface area contributed by atoms with Crippen molar-refractivity contribution < 1.29 is 9.13 Å². The molecule has 0 aromatic heterocycles. The number of anilines is 1. The first-order valence-corrected chi connectivity index (χ1v) is 7.94. The van der Waals surface area contributed by atoms with E-state index in [-0.39, 0.29) is 11.9 Å². The second-order valence-electron chi connectivity index (χ2n) is 5.46. The van der Waals surface area contributed by atoms with E-state index in [2.05, 4.69) is 5.32 Å². The van der Waals surface area contributed by atoms with Gasteiger partial charge < -0.3 is 21.5 Å². The molecule has 0 saturated carbocycles. The van der Waals surface area contributed by atoms with E-state index < -0.39 is 0 Å². The highest BCUT2D eigenvalue weighted by Crippen LogP contribution is 2.44. The average Bonchev–Trinajstić information content (AvgIpc) is 2.97. The maximum atomic E-state index is 14.6. The van der Waals surface area contributed by atoms with Crippen LogP contribution in [0, 0.1) is 5.82 Å². The number of halogens is 2. The van der Waals surface area contributed by atoms with Gasteiger partial charge in [-0.3, -0.25) is 0 Å². The zero-order valence-electron chi connectivity index (χ0n) is 12.6. The topological polar surface area (TPSA) is 73.3 Å². The number of ether oxygens (including phenoxy) is 1. The lowest BCUT2D eigenvalue weighted by Gasteiger charge is -2.16. The van der Waals surface area contributed by atoms with Crippen molar-refractivity contribution in [2.24, 2.45) is 11.5 Å². The molecule has 1 heterocycles. The monoisotopic (exact) mass is 335 g/mol. The van der Waals surface area contributed by atoms with Gasteiger partial charge in [0.05, 0.1) is 0 Å². The SMILES string of the molecule is NCCNc1cccc(F)c1-c1c(Cl)ccc2c1C[C@H](CN)O2. The number of fused-ring (bicyclic) bond motifs is 1. The van der Waals surface area contributed by atoms with Crippen LogP contribution in [0.2, 0.25) is 5.02 Å². The Labute approximate surface area is 139 Å². The second kappa shape index (κ2) is 6.74. The van der Waals surface area contributed by atoms with Gasteiger partial charge in [-0.05, 0) is 24.3 Å². The molecule has 0 bridgehead atoms. The summed E-state index contributed by atoms with van der Waals surface area (Å²) in [6.45, 7) is 1.40. The van der Waals surface area contributed by atoms with Crippen molar-refractivity contribution in [3.63, 3.8) is 0 Å². The van der Waals surface area contributed by atoms with Crippen molar-refractivity contribution in [2.45, 2.75) is 12.5 Å². The first-order chi connectivity index (χ1) is 11.2. The van der Waals surface area contributed by atoms with E-state index in [1.54, 1.807) is 12.1 Å². The van der Waals surface area contributed by atoms with Gasteiger partial charge in [-0.25, -0.2) is 4.39 Å². The Morgan fingerprint density at radius 1 is 1.22 bits per heavy atom. The standard InChI is InChI=1S/C17H19ClFN3O/c18-12-4-5-15-11(8-10(9-21)23-15)16(12)17-13(19)2-1-3-14(17)22-7-6-20/h1-5,10,22H,6-9,20-21H2/t10-/m1/s1. The van der Waals surface area contributed by atoms with E-state index in [1.165, 1.54) is 6.07 Å². The molecule has 3 rings (SSSR count). The van der Waals surface area contributed by atoms with Crippen LogP contribution in [0.15, 0.2) is 30.3 Å². The van der Waals surface area contributed by atoms with Crippen LogP contribution in [0.25, 0.3) is 11.1 Å². The smallest absolute Gasteiger partial charge is 0.133 e. The Morgan fingerprint density at radius 3 is 2.78 bits per heavy atom. The number of hydrogen-bond acceptors (Lipinski definition) is 4. The van der Waals surface area contributed by atoms with Gasteiger partial charge in [0, 0.05) is 53.5 Å². The molecule has 0 unspecified atom stereocenters. The number of benzene rings is 2. The predicted octanol–water partition coefficient (Wildman–Crippen LogP) is 2.78. The third-order valence-electron chi connectivity index (χ3n) is 3.93. The number of nitrogens with two attached hydrogens (primary N) is 2. The van der Waals surface area contributed by atoms with Crippen LogP contribution in [0.4, 0.5) is 10.1 Å². The first-order valence-electron chi connectivity index (χ1n) is 7.56. The molecule has 6 heteroatoms. The highest BCUT2D eigenvalue weighted by Gasteiger charge is 2.28. The highest BCUT2D eigenvalue weighted by molar-refractivity contribution is 6.33.